The lowest BCUT2D eigenvalue weighted by atomic mass is 9.90. The molecule has 0 spiro atoms. The van der Waals surface area contributed by atoms with Crippen LogP contribution in [0.1, 0.15) is 123 Å². The number of rotatable bonds is 14. The number of pyridine rings is 1. The van der Waals surface area contributed by atoms with Gasteiger partial charge < -0.3 is 5.11 Å². The van der Waals surface area contributed by atoms with Gasteiger partial charge in [-0.25, -0.2) is 0 Å². The molecule has 3 heteroatoms. The second-order valence-corrected chi connectivity index (χ2v) is 11.7. The van der Waals surface area contributed by atoms with Crippen LogP contribution in [0.25, 0.3) is 0 Å². The summed E-state index contributed by atoms with van der Waals surface area (Å²) in [5, 5.41) is 10.8. The molecular formula is C31H52N2O. The van der Waals surface area contributed by atoms with Gasteiger partial charge in [0.05, 0.1) is 6.54 Å². The standard InChI is InChI=1S/C31H52N2O/c1-26(2)13-8-14-27(3)15-9-16-28(4)17-10-20-31(5,34)21-12-24-33-23-7-6-19-30(33)29-18-11-22-32-25-29/h11,18,22,25-28,30,34H,6-10,13-17,19-20,23-24H2,1-5H3/t27-,28-,30+,31-/m0/s1. The zero-order valence-corrected chi connectivity index (χ0v) is 22.9. The first-order chi connectivity index (χ1) is 16.3. The molecule has 0 saturated carbocycles. The molecule has 0 aromatic carbocycles. The maximum Gasteiger partial charge on any atom is 0.122 e. The van der Waals surface area contributed by atoms with E-state index >= 15 is 0 Å². The van der Waals surface area contributed by atoms with Crippen LogP contribution in [0.15, 0.2) is 24.5 Å². The van der Waals surface area contributed by atoms with Crippen LogP contribution in [-0.4, -0.2) is 33.7 Å². The summed E-state index contributed by atoms with van der Waals surface area (Å²) in [6.45, 7) is 13.1. The van der Waals surface area contributed by atoms with E-state index in [0.29, 0.717) is 6.04 Å². The van der Waals surface area contributed by atoms with Gasteiger partial charge in [0.15, 0.2) is 0 Å². The number of aromatic nitrogens is 1. The van der Waals surface area contributed by atoms with Crippen molar-refractivity contribution in [3.63, 3.8) is 0 Å². The zero-order valence-electron chi connectivity index (χ0n) is 22.9. The molecule has 0 amide bonds. The summed E-state index contributed by atoms with van der Waals surface area (Å²) in [4.78, 5) is 6.76. The molecule has 1 aromatic heterocycles. The monoisotopic (exact) mass is 468 g/mol. The van der Waals surface area contributed by atoms with Gasteiger partial charge in [0, 0.05) is 18.4 Å². The van der Waals surface area contributed by atoms with Crippen molar-refractivity contribution in [3.8, 4) is 11.8 Å². The normalized spacial score (nSPS) is 20.4. The van der Waals surface area contributed by atoms with E-state index in [0.717, 1.165) is 43.7 Å². The van der Waals surface area contributed by atoms with Gasteiger partial charge in [-0.2, -0.15) is 0 Å². The minimum atomic E-state index is -0.885. The van der Waals surface area contributed by atoms with E-state index in [4.69, 9.17) is 0 Å². The number of piperidine rings is 1. The van der Waals surface area contributed by atoms with Crippen LogP contribution in [0.2, 0.25) is 0 Å². The summed E-state index contributed by atoms with van der Waals surface area (Å²) < 4.78 is 0. The molecule has 0 radical (unpaired) electrons. The highest BCUT2D eigenvalue weighted by Crippen LogP contribution is 2.30. The second kappa shape index (κ2) is 15.6. The molecule has 34 heavy (non-hydrogen) atoms. The molecule has 1 aliphatic heterocycles. The van der Waals surface area contributed by atoms with Gasteiger partial charge in [-0.3, -0.25) is 9.88 Å². The molecular weight excluding hydrogens is 416 g/mol. The molecule has 1 aromatic rings. The second-order valence-electron chi connectivity index (χ2n) is 11.7. The van der Waals surface area contributed by atoms with Gasteiger partial charge in [0.2, 0.25) is 0 Å². The van der Waals surface area contributed by atoms with Crippen LogP contribution in [-0.2, 0) is 0 Å². The van der Waals surface area contributed by atoms with E-state index in [1.807, 2.05) is 25.4 Å². The smallest absolute Gasteiger partial charge is 0.122 e. The van der Waals surface area contributed by atoms with Gasteiger partial charge in [-0.1, -0.05) is 97.0 Å². The van der Waals surface area contributed by atoms with E-state index in [9.17, 15) is 5.11 Å². The van der Waals surface area contributed by atoms with Crippen molar-refractivity contribution in [1.82, 2.24) is 9.88 Å². The Balaban J connectivity index is 1.65. The van der Waals surface area contributed by atoms with Crippen molar-refractivity contribution in [3.05, 3.63) is 30.1 Å². The van der Waals surface area contributed by atoms with E-state index in [-0.39, 0.29) is 0 Å². The maximum atomic E-state index is 10.8. The average Bonchev–Trinajstić information content (AvgIpc) is 2.79. The molecule has 2 heterocycles. The lowest BCUT2D eigenvalue weighted by Crippen LogP contribution is -2.34. The SMILES string of the molecule is CC(C)CCC[C@H](C)CCC[C@H](C)CCC[C@](C)(O)C#CCN1CCCC[C@@H]1c1cccnc1. The van der Waals surface area contributed by atoms with E-state index in [1.54, 1.807) is 0 Å². The minimum absolute atomic E-state index is 0.403. The molecule has 1 fully saturated rings. The third-order valence-corrected chi connectivity index (χ3v) is 7.56. The van der Waals surface area contributed by atoms with Crippen molar-refractivity contribution in [1.29, 1.82) is 0 Å². The fourth-order valence-corrected chi connectivity index (χ4v) is 5.30. The largest absolute Gasteiger partial charge is 0.378 e. The zero-order chi connectivity index (χ0) is 24.8. The van der Waals surface area contributed by atoms with Gasteiger partial charge in [-0.15, -0.1) is 0 Å². The van der Waals surface area contributed by atoms with Crippen LogP contribution in [0.3, 0.4) is 0 Å². The molecule has 192 valence electrons. The first kappa shape index (κ1) is 28.9. The van der Waals surface area contributed by atoms with Crippen LogP contribution < -0.4 is 0 Å². The van der Waals surface area contributed by atoms with Gasteiger partial charge in [0.25, 0.3) is 0 Å². The van der Waals surface area contributed by atoms with Crippen LogP contribution >= 0.6 is 0 Å². The number of aliphatic hydroxyl groups is 1. The summed E-state index contributed by atoms with van der Waals surface area (Å²) in [7, 11) is 0. The topological polar surface area (TPSA) is 36.4 Å². The van der Waals surface area contributed by atoms with E-state index in [1.165, 1.54) is 69.8 Å². The van der Waals surface area contributed by atoms with Crippen molar-refractivity contribution in [2.75, 3.05) is 13.1 Å². The Hall–Kier alpha value is -1.37. The Morgan fingerprint density at radius 2 is 1.71 bits per heavy atom. The summed E-state index contributed by atoms with van der Waals surface area (Å²) in [6, 6.07) is 4.60. The summed E-state index contributed by atoms with van der Waals surface area (Å²) in [5.74, 6) is 8.93. The third-order valence-electron chi connectivity index (χ3n) is 7.56. The lowest BCUT2D eigenvalue weighted by molar-refractivity contribution is 0.107. The first-order valence-electron chi connectivity index (χ1n) is 14.1. The molecule has 1 aliphatic rings. The Morgan fingerprint density at radius 3 is 2.35 bits per heavy atom. The van der Waals surface area contributed by atoms with Gasteiger partial charge >= 0.3 is 0 Å². The fraction of sp³-hybridized carbons (Fsp3) is 0.774. The van der Waals surface area contributed by atoms with Crippen molar-refractivity contribution in [2.24, 2.45) is 17.8 Å². The summed E-state index contributed by atoms with van der Waals surface area (Å²) in [6.07, 6.45) is 18.6. The quantitative estimate of drug-likeness (QED) is 0.283. The molecule has 2 rings (SSSR count). The Kier molecular flexibility index (Phi) is 13.2. The molecule has 0 unspecified atom stereocenters. The minimum Gasteiger partial charge on any atom is -0.378 e. The van der Waals surface area contributed by atoms with Crippen molar-refractivity contribution < 1.29 is 5.11 Å². The average molecular weight is 469 g/mol. The highest BCUT2D eigenvalue weighted by molar-refractivity contribution is 5.17. The maximum absolute atomic E-state index is 10.8. The summed E-state index contributed by atoms with van der Waals surface area (Å²) in [5.41, 5.74) is 0.402. The van der Waals surface area contributed by atoms with Crippen molar-refractivity contribution in [2.45, 2.75) is 123 Å². The number of hydrogen-bond donors (Lipinski definition) is 1. The number of hydrogen-bond acceptors (Lipinski definition) is 3. The summed E-state index contributed by atoms with van der Waals surface area (Å²) >= 11 is 0. The molecule has 4 atom stereocenters. The predicted molar refractivity (Wildman–Crippen MR) is 146 cm³/mol. The highest BCUT2D eigenvalue weighted by atomic mass is 16.3. The highest BCUT2D eigenvalue weighted by Gasteiger charge is 2.23. The number of likely N-dealkylation sites (tertiary alicyclic amines) is 1. The van der Waals surface area contributed by atoms with E-state index < -0.39 is 5.60 Å². The molecule has 3 nitrogen and oxygen atoms in total. The molecule has 1 saturated heterocycles. The van der Waals surface area contributed by atoms with Crippen molar-refractivity contribution >= 4 is 0 Å². The van der Waals surface area contributed by atoms with Crippen LogP contribution in [0.4, 0.5) is 0 Å². The third kappa shape index (κ3) is 11.9. The molecule has 1 N–H and O–H groups in total. The van der Waals surface area contributed by atoms with Crippen LogP contribution in [0.5, 0.6) is 0 Å². The van der Waals surface area contributed by atoms with Gasteiger partial charge in [0.1, 0.15) is 5.60 Å². The fourth-order valence-electron chi connectivity index (χ4n) is 5.30. The Bertz CT molecular complexity index is 718. The Morgan fingerprint density at radius 1 is 1.03 bits per heavy atom. The predicted octanol–water partition coefficient (Wildman–Crippen LogP) is 7.80. The number of nitrogens with zero attached hydrogens (tertiary/aromatic N) is 2. The van der Waals surface area contributed by atoms with E-state index in [2.05, 4.69) is 55.5 Å². The molecule has 0 aliphatic carbocycles. The Labute approximate surface area is 211 Å². The van der Waals surface area contributed by atoms with Crippen LogP contribution in [0, 0.1) is 29.6 Å². The first-order valence-corrected chi connectivity index (χ1v) is 14.1. The lowest BCUT2D eigenvalue weighted by Gasteiger charge is -2.34. The van der Waals surface area contributed by atoms with Gasteiger partial charge in [-0.05, 0) is 68.5 Å². The molecule has 0 bridgehead atoms.